The lowest BCUT2D eigenvalue weighted by Gasteiger charge is -2.06. The molecule has 1 aromatic carbocycles. The molecule has 0 saturated heterocycles. The Bertz CT molecular complexity index is 804. The number of amides is 1. The third-order valence-electron chi connectivity index (χ3n) is 3.33. The molecule has 4 nitrogen and oxygen atoms in total. The number of carbonyl (C=O) groups is 1. The van der Waals surface area contributed by atoms with Gasteiger partial charge in [0, 0.05) is 35.7 Å². The van der Waals surface area contributed by atoms with Gasteiger partial charge in [-0.25, -0.2) is 0 Å². The summed E-state index contributed by atoms with van der Waals surface area (Å²) in [5.41, 5.74) is 3.16. The minimum atomic E-state index is -0.171. The fraction of sp³-hybridized carbons (Fsp3) is 0.0556. The standard InChI is InChI=1S/C18H14ClN3O/c19-16-5-1-3-13(9-16)10-22-18(23)15-6-7-17(21-12-15)14-4-2-8-20-11-14/h1-9,11-12H,10H2,(H,22,23). The highest BCUT2D eigenvalue weighted by atomic mass is 35.5. The summed E-state index contributed by atoms with van der Waals surface area (Å²) >= 11 is 5.92. The van der Waals surface area contributed by atoms with Crippen molar-refractivity contribution in [3.8, 4) is 11.3 Å². The van der Waals surface area contributed by atoms with Gasteiger partial charge in [0.2, 0.25) is 0 Å². The second-order valence-electron chi connectivity index (χ2n) is 4.99. The van der Waals surface area contributed by atoms with Crippen LogP contribution in [-0.4, -0.2) is 15.9 Å². The van der Waals surface area contributed by atoms with Gasteiger partial charge in [-0.1, -0.05) is 23.7 Å². The average Bonchev–Trinajstić information content (AvgIpc) is 2.61. The van der Waals surface area contributed by atoms with E-state index in [4.69, 9.17) is 11.6 Å². The molecule has 23 heavy (non-hydrogen) atoms. The molecule has 0 fully saturated rings. The normalized spacial score (nSPS) is 10.3. The van der Waals surface area contributed by atoms with E-state index in [0.717, 1.165) is 16.8 Å². The minimum absolute atomic E-state index is 0.171. The number of aromatic nitrogens is 2. The highest BCUT2D eigenvalue weighted by molar-refractivity contribution is 6.30. The van der Waals surface area contributed by atoms with Crippen LogP contribution in [0, 0.1) is 0 Å². The molecule has 5 heteroatoms. The topological polar surface area (TPSA) is 54.9 Å². The Morgan fingerprint density at radius 3 is 2.70 bits per heavy atom. The zero-order valence-electron chi connectivity index (χ0n) is 12.2. The molecule has 1 N–H and O–H groups in total. The monoisotopic (exact) mass is 323 g/mol. The van der Waals surface area contributed by atoms with Crippen LogP contribution in [0.15, 0.2) is 67.1 Å². The summed E-state index contributed by atoms with van der Waals surface area (Å²) in [6.07, 6.45) is 5.01. The zero-order valence-corrected chi connectivity index (χ0v) is 13.0. The number of nitrogens with zero attached hydrogens (tertiary/aromatic N) is 2. The molecule has 3 aromatic rings. The van der Waals surface area contributed by atoms with Gasteiger partial charge in [-0.05, 0) is 42.0 Å². The maximum atomic E-state index is 12.2. The molecule has 2 heterocycles. The highest BCUT2D eigenvalue weighted by Gasteiger charge is 2.07. The molecular formula is C18H14ClN3O. The maximum absolute atomic E-state index is 12.2. The highest BCUT2D eigenvalue weighted by Crippen LogP contribution is 2.15. The van der Waals surface area contributed by atoms with Crippen molar-refractivity contribution in [3.63, 3.8) is 0 Å². The summed E-state index contributed by atoms with van der Waals surface area (Å²) in [6, 6.07) is 14.7. The second-order valence-corrected chi connectivity index (χ2v) is 5.42. The fourth-order valence-electron chi connectivity index (χ4n) is 2.14. The van der Waals surface area contributed by atoms with Gasteiger partial charge in [-0.3, -0.25) is 14.8 Å². The van der Waals surface area contributed by atoms with Gasteiger partial charge < -0.3 is 5.32 Å². The van der Waals surface area contributed by atoms with Crippen LogP contribution in [0.25, 0.3) is 11.3 Å². The Morgan fingerprint density at radius 2 is 2.00 bits per heavy atom. The number of pyridine rings is 2. The molecule has 0 spiro atoms. The fourth-order valence-corrected chi connectivity index (χ4v) is 2.36. The molecule has 0 radical (unpaired) electrons. The van der Waals surface area contributed by atoms with Crippen molar-refractivity contribution in [1.29, 1.82) is 0 Å². The van der Waals surface area contributed by atoms with Crippen LogP contribution in [0.2, 0.25) is 5.02 Å². The van der Waals surface area contributed by atoms with Crippen LogP contribution in [0.1, 0.15) is 15.9 Å². The SMILES string of the molecule is O=C(NCc1cccc(Cl)c1)c1ccc(-c2cccnc2)nc1. The maximum Gasteiger partial charge on any atom is 0.253 e. The Hall–Kier alpha value is -2.72. The molecule has 3 rings (SSSR count). The summed E-state index contributed by atoms with van der Waals surface area (Å²) in [7, 11) is 0. The van der Waals surface area contributed by atoms with Crippen molar-refractivity contribution in [2.24, 2.45) is 0 Å². The summed E-state index contributed by atoms with van der Waals surface area (Å²) in [5.74, 6) is -0.171. The van der Waals surface area contributed by atoms with Gasteiger partial charge in [0.05, 0.1) is 11.3 Å². The van der Waals surface area contributed by atoms with Gasteiger partial charge >= 0.3 is 0 Å². The molecule has 0 aliphatic rings. The molecule has 1 amide bonds. The molecule has 0 aliphatic carbocycles. The number of carbonyl (C=O) groups excluding carboxylic acids is 1. The first-order valence-electron chi connectivity index (χ1n) is 7.11. The van der Waals surface area contributed by atoms with Crippen LogP contribution in [0.3, 0.4) is 0 Å². The van der Waals surface area contributed by atoms with E-state index >= 15 is 0 Å². The molecule has 0 bridgehead atoms. The van der Waals surface area contributed by atoms with Crippen LogP contribution in [0.5, 0.6) is 0 Å². The van der Waals surface area contributed by atoms with E-state index in [9.17, 15) is 4.79 Å². The number of hydrogen-bond donors (Lipinski definition) is 1. The molecular weight excluding hydrogens is 310 g/mol. The third-order valence-corrected chi connectivity index (χ3v) is 3.56. The van der Waals surface area contributed by atoms with Crippen molar-refractivity contribution in [2.75, 3.05) is 0 Å². The third kappa shape index (κ3) is 3.93. The lowest BCUT2D eigenvalue weighted by Crippen LogP contribution is -2.22. The molecule has 0 saturated carbocycles. The number of hydrogen-bond acceptors (Lipinski definition) is 3. The van der Waals surface area contributed by atoms with E-state index in [1.165, 1.54) is 0 Å². The van der Waals surface area contributed by atoms with Crippen molar-refractivity contribution >= 4 is 17.5 Å². The van der Waals surface area contributed by atoms with Gasteiger partial charge in [-0.15, -0.1) is 0 Å². The first-order valence-corrected chi connectivity index (χ1v) is 7.49. The predicted molar refractivity (Wildman–Crippen MR) is 90.1 cm³/mol. The Labute approximate surface area is 139 Å². The van der Waals surface area contributed by atoms with Crippen LogP contribution >= 0.6 is 11.6 Å². The van der Waals surface area contributed by atoms with Crippen molar-refractivity contribution < 1.29 is 4.79 Å². The minimum Gasteiger partial charge on any atom is -0.348 e. The molecule has 0 aliphatic heterocycles. The van der Waals surface area contributed by atoms with Crippen molar-refractivity contribution in [1.82, 2.24) is 15.3 Å². The van der Waals surface area contributed by atoms with Crippen molar-refractivity contribution in [3.05, 3.63) is 83.3 Å². The van der Waals surface area contributed by atoms with E-state index in [-0.39, 0.29) is 5.91 Å². The largest absolute Gasteiger partial charge is 0.348 e. The van der Waals surface area contributed by atoms with Gasteiger partial charge in [0.1, 0.15) is 0 Å². The summed E-state index contributed by atoms with van der Waals surface area (Å²) in [6.45, 7) is 0.420. The van der Waals surface area contributed by atoms with E-state index in [1.807, 2.05) is 36.4 Å². The zero-order chi connectivity index (χ0) is 16.1. The van der Waals surface area contributed by atoms with Gasteiger partial charge in [-0.2, -0.15) is 0 Å². The number of halogens is 1. The predicted octanol–water partition coefficient (Wildman–Crippen LogP) is 3.73. The lowest BCUT2D eigenvalue weighted by molar-refractivity contribution is 0.0950. The second kappa shape index (κ2) is 7.03. The quantitative estimate of drug-likeness (QED) is 0.796. The summed E-state index contributed by atoms with van der Waals surface area (Å²) < 4.78 is 0. The molecule has 0 atom stereocenters. The molecule has 0 unspecified atom stereocenters. The summed E-state index contributed by atoms with van der Waals surface area (Å²) in [5, 5.41) is 3.50. The molecule has 114 valence electrons. The Morgan fingerprint density at radius 1 is 1.09 bits per heavy atom. The first kappa shape index (κ1) is 15.2. The lowest BCUT2D eigenvalue weighted by atomic mass is 10.1. The van der Waals surface area contributed by atoms with E-state index in [2.05, 4.69) is 15.3 Å². The number of benzene rings is 1. The first-order chi connectivity index (χ1) is 11.2. The Kier molecular flexibility index (Phi) is 4.64. The smallest absolute Gasteiger partial charge is 0.253 e. The summed E-state index contributed by atoms with van der Waals surface area (Å²) in [4.78, 5) is 20.5. The van der Waals surface area contributed by atoms with Crippen LogP contribution in [0.4, 0.5) is 0 Å². The number of rotatable bonds is 4. The molecule has 2 aromatic heterocycles. The van der Waals surface area contributed by atoms with Gasteiger partial charge in [0.15, 0.2) is 0 Å². The van der Waals surface area contributed by atoms with E-state index in [1.54, 1.807) is 30.7 Å². The Balaban J connectivity index is 1.66. The van der Waals surface area contributed by atoms with Crippen LogP contribution in [-0.2, 0) is 6.54 Å². The average molecular weight is 324 g/mol. The van der Waals surface area contributed by atoms with E-state index < -0.39 is 0 Å². The van der Waals surface area contributed by atoms with Crippen LogP contribution < -0.4 is 5.32 Å². The number of nitrogens with one attached hydrogen (secondary N) is 1. The van der Waals surface area contributed by atoms with Gasteiger partial charge in [0.25, 0.3) is 5.91 Å². The van der Waals surface area contributed by atoms with Crippen molar-refractivity contribution in [2.45, 2.75) is 6.54 Å². The van der Waals surface area contributed by atoms with E-state index in [0.29, 0.717) is 17.1 Å².